The van der Waals surface area contributed by atoms with Gasteiger partial charge >= 0.3 is 0 Å². The van der Waals surface area contributed by atoms with Crippen molar-refractivity contribution in [1.82, 2.24) is 5.32 Å². The quantitative estimate of drug-likeness (QED) is 0.637. The Labute approximate surface area is 132 Å². The highest BCUT2D eigenvalue weighted by Crippen LogP contribution is 2.24. The topological polar surface area (TPSA) is 39.7 Å². The molecule has 0 fully saturated rings. The van der Waals surface area contributed by atoms with Crippen LogP contribution in [0.1, 0.15) is 18.9 Å². The molecule has 0 radical (unpaired) electrons. The standard InChI is InChI=1S/C16H26ClNO3/c1-4-18-15(7-8-21-10-9-19-2)12-13-11-14(17)5-6-16(13)20-3/h5-6,11,15,18H,4,7-10,12H2,1-3H3. The highest BCUT2D eigenvalue weighted by molar-refractivity contribution is 6.30. The summed E-state index contributed by atoms with van der Waals surface area (Å²) >= 11 is 6.08. The average Bonchev–Trinajstić information content (AvgIpc) is 2.47. The van der Waals surface area contributed by atoms with Crippen molar-refractivity contribution in [3.05, 3.63) is 28.8 Å². The molecule has 0 saturated heterocycles. The Morgan fingerprint density at radius 1 is 1.19 bits per heavy atom. The van der Waals surface area contributed by atoms with Crippen LogP contribution in [0.5, 0.6) is 5.75 Å². The number of benzene rings is 1. The van der Waals surface area contributed by atoms with Crippen LogP contribution in [-0.4, -0.2) is 46.6 Å². The van der Waals surface area contributed by atoms with Gasteiger partial charge in [0, 0.05) is 24.8 Å². The van der Waals surface area contributed by atoms with Crippen molar-refractivity contribution in [2.45, 2.75) is 25.8 Å². The molecule has 4 nitrogen and oxygen atoms in total. The molecular formula is C16H26ClNO3. The molecular weight excluding hydrogens is 290 g/mol. The predicted molar refractivity (Wildman–Crippen MR) is 86.5 cm³/mol. The summed E-state index contributed by atoms with van der Waals surface area (Å²) in [6.07, 6.45) is 1.80. The van der Waals surface area contributed by atoms with Crippen LogP contribution >= 0.6 is 11.6 Å². The lowest BCUT2D eigenvalue weighted by atomic mass is 10.0. The Balaban J connectivity index is 2.54. The first-order valence-corrected chi connectivity index (χ1v) is 7.71. The monoisotopic (exact) mass is 315 g/mol. The number of halogens is 1. The SMILES string of the molecule is CCNC(CCOCCOC)Cc1cc(Cl)ccc1OC. The van der Waals surface area contributed by atoms with Crippen LogP contribution in [0, 0.1) is 0 Å². The second-order valence-electron chi connectivity index (χ2n) is 4.81. The molecule has 1 aromatic carbocycles. The van der Waals surface area contributed by atoms with Gasteiger partial charge in [-0.2, -0.15) is 0 Å². The Kier molecular flexibility index (Phi) is 9.42. The van der Waals surface area contributed by atoms with Crippen molar-refractivity contribution in [2.75, 3.05) is 40.6 Å². The molecule has 0 heterocycles. The minimum absolute atomic E-state index is 0.338. The molecule has 1 rings (SSSR count). The first-order valence-electron chi connectivity index (χ1n) is 7.33. The third-order valence-corrected chi connectivity index (χ3v) is 3.48. The smallest absolute Gasteiger partial charge is 0.122 e. The molecule has 0 saturated carbocycles. The Hall–Kier alpha value is -0.810. The van der Waals surface area contributed by atoms with Gasteiger partial charge in [-0.25, -0.2) is 0 Å². The molecule has 1 atom stereocenters. The van der Waals surface area contributed by atoms with E-state index in [1.165, 1.54) is 0 Å². The molecule has 120 valence electrons. The summed E-state index contributed by atoms with van der Waals surface area (Å²) in [4.78, 5) is 0. The van der Waals surface area contributed by atoms with E-state index in [-0.39, 0.29) is 0 Å². The minimum atomic E-state index is 0.338. The van der Waals surface area contributed by atoms with Gasteiger partial charge in [0.1, 0.15) is 5.75 Å². The molecule has 1 N–H and O–H groups in total. The van der Waals surface area contributed by atoms with Gasteiger partial charge in [-0.1, -0.05) is 18.5 Å². The van der Waals surface area contributed by atoms with E-state index in [4.69, 9.17) is 25.8 Å². The van der Waals surface area contributed by atoms with E-state index in [2.05, 4.69) is 12.2 Å². The van der Waals surface area contributed by atoms with Crippen LogP contribution in [0.2, 0.25) is 5.02 Å². The largest absolute Gasteiger partial charge is 0.496 e. The summed E-state index contributed by atoms with van der Waals surface area (Å²) in [6, 6.07) is 6.07. The molecule has 0 bridgehead atoms. The molecule has 1 aromatic rings. The second-order valence-corrected chi connectivity index (χ2v) is 5.25. The van der Waals surface area contributed by atoms with Gasteiger partial charge in [-0.3, -0.25) is 0 Å². The number of hydrogen-bond acceptors (Lipinski definition) is 4. The van der Waals surface area contributed by atoms with Crippen molar-refractivity contribution in [3.63, 3.8) is 0 Å². The molecule has 21 heavy (non-hydrogen) atoms. The summed E-state index contributed by atoms with van der Waals surface area (Å²) in [6.45, 7) is 5.01. The maximum Gasteiger partial charge on any atom is 0.122 e. The van der Waals surface area contributed by atoms with Crippen LogP contribution in [-0.2, 0) is 15.9 Å². The highest BCUT2D eigenvalue weighted by atomic mass is 35.5. The van der Waals surface area contributed by atoms with Crippen molar-refractivity contribution in [2.24, 2.45) is 0 Å². The Morgan fingerprint density at radius 2 is 2.00 bits per heavy atom. The average molecular weight is 316 g/mol. The lowest BCUT2D eigenvalue weighted by Crippen LogP contribution is -2.32. The third kappa shape index (κ3) is 7.14. The molecule has 0 aliphatic carbocycles. The summed E-state index contributed by atoms with van der Waals surface area (Å²) in [5, 5.41) is 4.22. The van der Waals surface area contributed by atoms with Gasteiger partial charge < -0.3 is 19.5 Å². The molecule has 0 spiro atoms. The van der Waals surface area contributed by atoms with Crippen molar-refractivity contribution >= 4 is 11.6 Å². The maximum absolute atomic E-state index is 6.08. The molecule has 0 aliphatic heterocycles. The first-order chi connectivity index (χ1) is 10.2. The van der Waals surface area contributed by atoms with Gasteiger partial charge in [0.25, 0.3) is 0 Å². The molecule has 5 heteroatoms. The number of hydrogen-bond donors (Lipinski definition) is 1. The fraction of sp³-hybridized carbons (Fsp3) is 0.625. The van der Waals surface area contributed by atoms with E-state index < -0.39 is 0 Å². The fourth-order valence-electron chi connectivity index (χ4n) is 2.21. The van der Waals surface area contributed by atoms with Crippen molar-refractivity contribution in [1.29, 1.82) is 0 Å². The van der Waals surface area contributed by atoms with Crippen LogP contribution in [0.4, 0.5) is 0 Å². The minimum Gasteiger partial charge on any atom is -0.496 e. The van der Waals surface area contributed by atoms with Gasteiger partial charge in [0.2, 0.25) is 0 Å². The van der Waals surface area contributed by atoms with E-state index in [9.17, 15) is 0 Å². The van der Waals surface area contributed by atoms with Crippen LogP contribution in [0.15, 0.2) is 18.2 Å². The number of nitrogens with one attached hydrogen (secondary N) is 1. The lowest BCUT2D eigenvalue weighted by Gasteiger charge is -2.19. The van der Waals surface area contributed by atoms with E-state index in [1.807, 2.05) is 18.2 Å². The maximum atomic E-state index is 6.08. The zero-order chi connectivity index (χ0) is 15.5. The number of rotatable bonds is 11. The van der Waals surface area contributed by atoms with E-state index in [0.29, 0.717) is 25.9 Å². The zero-order valence-electron chi connectivity index (χ0n) is 13.2. The molecule has 0 aliphatic rings. The van der Waals surface area contributed by atoms with Crippen LogP contribution < -0.4 is 10.1 Å². The number of ether oxygens (including phenoxy) is 3. The van der Waals surface area contributed by atoms with E-state index in [1.54, 1.807) is 14.2 Å². The summed E-state index contributed by atoms with van der Waals surface area (Å²) in [5.74, 6) is 0.877. The Bertz CT molecular complexity index is 401. The lowest BCUT2D eigenvalue weighted by molar-refractivity contribution is 0.0658. The molecule has 1 unspecified atom stereocenters. The predicted octanol–water partition coefficient (Wildman–Crippen LogP) is 2.92. The van der Waals surface area contributed by atoms with Crippen molar-refractivity contribution in [3.8, 4) is 5.75 Å². The highest BCUT2D eigenvalue weighted by Gasteiger charge is 2.12. The van der Waals surface area contributed by atoms with Crippen LogP contribution in [0.25, 0.3) is 0 Å². The molecule has 0 aromatic heterocycles. The first kappa shape index (κ1) is 18.2. The summed E-state index contributed by atoms with van der Waals surface area (Å²) in [7, 11) is 3.36. The van der Waals surface area contributed by atoms with Crippen LogP contribution in [0.3, 0.4) is 0 Å². The fourth-order valence-corrected chi connectivity index (χ4v) is 2.40. The van der Waals surface area contributed by atoms with Crippen molar-refractivity contribution < 1.29 is 14.2 Å². The third-order valence-electron chi connectivity index (χ3n) is 3.24. The van der Waals surface area contributed by atoms with Gasteiger partial charge in [0.15, 0.2) is 0 Å². The second kappa shape index (κ2) is 10.9. The van der Waals surface area contributed by atoms with Gasteiger partial charge in [-0.05, 0) is 43.1 Å². The zero-order valence-corrected chi connectivity index (χ0v) is 13.9. The summed E-state index contributed by atoms with van der Waals surface area (Å²) < 4.78 is 15.9. The van der Waals surface area contributed by atoms with E-state index >= 15 is 0 Å². The van der Waals surface area contributed by atoms with Gasteiger partial charge in [0.05, 0.1) is 20.3 Å². The normalized spacial score (nSPS) is 12.4. The Morgan fingerprint density at radius 3 is 2.67 bits per heavy atom. The number of methoxy groups -OCH3 is 2. The van der Waals surface area contributed by atoms with Gasteiger partial charge in [-0.15, -0.1) is 0 Å². The summed E-state index contributed by atoms with van der Waals surface area (Å²) in [5.41, 5.74) is 1.12. The number of likely N-dealkylation sites (N-methyl/N-ethyl adjacent to an activating group) is 1. The van der Waals surface area contributed by atoms with E-state index in [0.717, 1.165) is 35.7 Å². The molecule has 0 amide bonds.